The second kappa shape index (κ2) is 5.16. The standard InChI is InChI=1S/C13H15FN2O2/c1-9-5-12(17)15-7-13(18)16(9)8-10-3-2-4-11(14)6-10/h2-4,6,9H,5,7-8H2,1H3,(H,15,17)/t9-/m1/s1. The second-order valence-electron chi connectivity index (χ2n) is 4.48. The molecule has 96 valence electrons. The molecular weight excluding hydrogens is 235 g/mol. The topological polar surface area (TPSA) is 49.4 Å². The molecule has 5 heteroatoms. The van der Waals surface area contributed by atoms with Crippen molar-refractivity contribution in [1.82, 2.24) is 10.2 Å². The van der Waals surface area contributed by atoms with Crippen molar-refractivity contribution in [2.45, 2.75) is 25.9 Å². The zero-order valence-corrected chi connectivity index (χ0v) is 10.1. The van der Waals surface area contributed by atoms with Gasteiger partial charge in [0.1, 0.15) is 5.82 Å². The van der Waals surface area contributed by atoms with E-state index in [1.165, 1.54) is 12.1 Å². The molecule has 0 aliphatic carbocycles. The van der Waals surface area contributed by atoms with Crippen LogP contribution >= 0.6 is 0 Å². The third-order valence-corrected chi connectivity index (χ3v) is 3.01. The number of amides is 2. The number of hydrogen-bond donors (Lipinski definition) is 1. The number of rotatable bonds is 2. The van der Waals surface area contributed by atoms with Crippen LogP contribution in [0, 0.1) is 5.82 Å². The maximum Gasteiger partial charge on any atom is 0.242 e. The largest absolute Gasteiger partial charge is 0.347 e. The van der Waals surface area contributed by atoms with E-state index in [2.05, 4.69) is 5.32 Å². The first-order valence-corrected chi connectivity index (χ1v) is 5.87. The van der Waals surface area contributed by atoms with Crippen molar-refractivity contribution in [2.24, 2.45) is 0 Å². The van der Waals surface area contributed by atoms with Crippen LogP contribution in [0.4, 0.5) is 4.39 Å². The molecule has 1 fully saturated rings. The van der Waals surface area contributed by atoms with E-state index in [1.807, 2.05) is 6.92 Å². The van der Waals surface area contributed by atoms with Crippen molar-refractivity contribution in [3.05, 3.63) is 35.6 Å². The van der Waals surface area contributed by atoms with Crippen LogP contribution < -0.4 is 5.32 Å². The number of nitrogens with zero attached hydrogens (tertiary/aromatic N) is 1. The van der Waals surface area contributed by atoms with Crippen LogP contribution in [0.1, 0.15) is 18.9 Å². The highest BCUT2D eigenvalue weighted by atomic mass is 19.1. The first-order chi connectivity index (χ1) is 8.56. The predicted octanol–water partition coefficient (Wildman–Crippen LogP) is 1.06. The highest BCUT2D eigenvalue weighted by molar-refractivity contribution is 5.87. The van der Waals surface area contributed by atoms with Crippen molar-refractivity contribution < 1.29 is 14.0 Å². The summed E-state index contributed by atoms with van der Waals surface area (Å²) in [5.41, 5.74) is 0.726. The molecule has 1 atom stereocenters. The fraction of sp³-hybridized carbons (Fsp3) is 0.385. The summed E-state index contributed by atoms with van der Waals surface area (Å²) in [5.74, 6) is -0.591. The highest BCUT2D eigenvalue weighted by Crippen LogP contribution is 2.14. The molecular formula is C13H15FN2O2. The minimum atomic E-state index is -0.323. The Morgan fingerprint density at radius 2 is 2.22 bits per heavy atom. The number of benzene rings is 1. The maximum absolute atomic E-state index is 13.1. The van der Waals surface area contributed by atoms with E-state index in [0.717, 1.165) is 5.56 Å². The number of carbonyl (C=O) groups excluding carboxylic acids is 2. The summed E-state index contributed by atoms with van der Waals surface area (Å²) >= 11 is 0. The van der Waals surface area contributed by atoms with Gasteiger partial charge in [-0.05, 0) is 24.6 Å². The molecule has 1 N–H and O–H groups in total. The summed E-state index contributed by atoms with van der Waals surface area (Å²) in [5, 5.41) is 2.55. The van der Waals surface area contributed by atoms with E-state index >= 15 is 0 Å². The quantitative estimate of drug-likeness (QED) is 0.853. The van der Waals surface area contributed by atoms with Gasteiger partial charge >= 0.3 is 0 Å². The zero-order chi connectivity index (χ0) is 13.1. The van der Waals surface area contributed by atoms with Gasteiger partial charge in [-0.3, -0.25) is 9.59 Å². The van der Waals surface area contributed by atoms with Crippen molar-refractivity contribution in [2.75, 3.05) is 6.54 Å². The van der Waals surface area contributed by atoms with Crippen molar-refractivity contribution in [3.63, 3.8) is 0 Å². The number of halogens is 1. The molecule has 1 aliphatic heterocycles. The number of nitrogens with one attached hydrogen (secondary N) is 1. The average molecular weight is 250 g/mol. The minimum Gasteiger partial charge on any atom is -0.347 e. The summed E-state index contributed by atoms with van der Waals surface area (Å²) in [6, 6.07) is 5.97. The highest BCUT2D eigenvalue weighted by Gasteiger charge is 2.26. The van der Waals surface area contributed by atoms with Crippen LogP contribution in [0.3, 0.4) is 0 Å². The molecule has 0 unspecified atom stereocenters. The third kappa shape index (κ3) is 2.85. The summed E-state index contributed by atoms with van der Waals surface area (Å²) in [7, 11) is 0. The lowest BCUT2D eigenvalue weighted by atomic mass is 10.1. The first kappa shape index (κ1) is 12.5. The van der Waals surface area contributed by atoms with Gasteiger partial charge in [0.05, 0.1) is 6.54 Å². The fourth-order valence-corrected chi connectivity index (χ4v) is 2.05. The molecule has 0 bridgehead atoms. The molecule has 0 aromatic heterocycles. The number of hydrogen-bond acceptors (Lipinski definition) is 2. The van der Waals surface area contributed by atoms with E-state index in [0.29, 0.717) is 6.54 Å². The lowest BCUT2D eigenvalue weighted by molar-refractivity contribution is -0.132. The summed E-state index contributed by atoms with van der Waals surface area (Å²) in [6.07, 6.45) is 0.279. The Hall–Kier alpha value is -1.91. The molecule has 0 radical (unpaired) electrons. The summed E-state index contributed by atoms with van der Waals surface area (Å²) in [6.45, 7) is 2.16. The minimum absolute atomic E-state index is 0.0124. The lowest BCUT2D eigenvalue weighted by Crippen LogP contribution is -2.39. The molecule has 4 nitrogen and oxygen atoms in total. The molecule has 0 saturated carbocycles. The van der Waals surface area contributed by atoms with Crippen LogP contribution in [-0.2, 0) is 16.1 Å². The van der Waals surface area contributed by atoms with Gasteiger partial charge in [0.2, 0.25) is 11.8 Å². The van der Waals surface area contributed by atoms with Gasteiger partial charge in [-0.25, -0.2) is 4.39 Å². The normalized spacial score (nSPS) is 20.6. The molecule has 0 spiro atoms. The molecule has 1 saturated heterocycles. The van der Waals surface area contributed by atoms with Gasteiger partial charge in [-0.1, -0.05) is 12.1 Å². The van der Waals surface area contributed by atoms with Gasteiger partial charge in [-0.15, -0.1) is 0 Å². The zero-order valence-electron chi connectivity index (χ0n) is 10.1. The van der Waals surface area contributed by atoms with Crippen molar-refractivity contribution in [3.8, 4) is 0 Å². The van der Waals surface area contributed by atoms with Gasteiger partial charge in [0.15, 0.2) is 0 Å². The number of carbonyl (C=O) groups is 2. The van der Waals surface area contributed by atoms with Crippen LogP contribution in [0.2, 0.25) is 0 Å². The van der Waals surface area contributed by atoms with Crippen LogP contribution in [0.25, 0.3) is 0 Å². The Morgan fingerprint density at radius 3 is 2.94 bits per heavy atom. The Bertz CT molecular complexity index is 476. The fourth-order valence-electron chi connectivity index (χ4n) is 2.05. The van der Waals surface area contributed by atoms with E-state index < -0.39 is 0 Å². The molecule has 2 rings (SSSR count). The average Bonchev–Trinajstić information content (AvgIpc) is 2.43. The van der Waals surface area contributed by atoms with Gasteiger partial charge in [0.25, 0.3) is 0 Å². The Kier molecular flexibility index (Phi) is 3.60. The molecule has 1 heterocycles. The van der Waals surface area contributed by atoms with E-state index in [1.54, 1.807) is 17.0 Å². The van der Waals surface area contributed by atoms with Gasteiger partial charge in [-0.2, -0.15) is 0 Å². The first-order valence-electron chi connectivity index (χ1n) is 5.87. The predicted molar refractivity (Wildman–Crippen MR) is 64.0 cm³/mol. The molecule has 1 aromatic carbocycles. The third-order valence-electron chi connectivity index (χ3n) is 3.01. The molecule has 18 heavy (non-hydrogen) atoms. The van der Waals surface area contributed by atoms with E-state index in [4.69, 9.17) is 0 Å². The molecule has 1 aromatic rings. The molecule has 2 amide bonds. The lowest BCUT2D eigenvalue weighted by Gasteiger charge is -2.26. The van der Waals surface area contributed by atoms with Crippen LogP contribution in [0.5, 0.6) is 0 Å². The van der Waals surface area contributed by atoms with Crippen molar-refractivity contribution >= 4 is 11.8 Å². The van der Waals surface area contributed by atoms with Crippen LogP contribution in [-0.4, -0.2) is 29.3 Å². The monoisotopic (exact) mass is 250 g/mol. The summed E-state index contributed by atoms with van der Waals surface area (Å²) in [4.78, 5) is 24.8. The van der Waals surface area contributed by atoms with E-state index in [-0.39, 0.29) is 36.6 Å². The van der Waals surface area contributed by atoms with Crippen molar-refractivity contribution in [1.29, 1.82) is 0 Å². The Labute approximate surface area is 105 Å². The summed E-state index contributed by atoms with van der Waals surface area (Å²) < 4.78 is 13.1. The Balaban J connectivity index is 2.15. The van der Waals surface area contributed by atoms with Crippen LogP contribution in [0.15, 0.2) is 24.3 Å². The smallest absolute Gasteiger partial charge is 0.242 e. The second-order valence-corrected chi connectivity index (χ2v) is 4.48. The van der Waals surface area contributed by atoms with E-state index in [9.17, 15) is 14.0 Å². The molecule has 1 aliphatic rings. The SMILES string of the molecule is C[C@@H]1CC(=O)NCC(=O)N1Cc1cccc(F)c1. The Morgan fingerprint density at radius 1 is 1.44 bits per heavy atom. The maximum atomic E-state index is 13.1. The van der Waals surface area contributed by atoms with Gasteiger partial charge < -0.3 is 10.2 Å². The van der Waals surface area contributed by atoms with Gasteiger partial charge in [0, 0.05) is 19.0 Å².